The first-order valence-corrected chi connectivity index (χ1v) is 8.93. The standard InChI is InChI=1S/C19H17N3O4S/c1-12-5-7-13(8-6-12)15-11-27-19(21-15)22-16(23)10-26-18(24)14-4-3-9-20-17(14)25-2/h3-9,11H,10H2,1-2H3,(H,21,22,23). The molecule has 3 aromatic rings. The molecule has 7 nitrogen and oxygen atoms in total. The van der Waals surface area contributed by atoms with Crippen LogP contribution in [0.4, 0.5) is 5.13 Å². The topological polar surface area (TPSA) is 90.4 Å². The molecule has 0 atom stereocenters. The van der Waals surface area contributed by atoms with Gasteiger partial charge in [0.25, 0.3) is 5.91 Å². The van der Waals surface area contributed by atoms with Gasteiger partial charge in [0.1, 0.15) is 5.56 Å². The summed E-state index contributed by atoms with van der Waals surface area (Å²) >= 11 is 1.30. The number of amides is 1. The first-order chi connectivity index (χ1) is 13.1. The third-order valence-corrected chi connectivity index (χ3v) is 4.37. The molecule has 0 radical (unpaired) electrons. The van der Waals surface area contributed by atoms with Crippen molar-refractivity contribution in [2.24, 2.45) is 0 Å². The highest BCUT2D eigenvalue weighted by Gasteiger charge is 2.16. The first-order valence-electron chi connectivity index (χ1n) is 8.05. The molecule has 0 bridgehead atoms. The zero-order valence-electron chi connectivity index (χ0n) is 14.8. The highest BCUT2D eigenvalue weighted by Crippen LogP contribution is 2.25. The highest BCUT2D eigenvalue weighted by molar-refractivity contribution is 7.14. The van der Waals surface area contributed by atoms with Gasteiger partial charge in [-0.15, -0.1) is 11.3 Å². The van der Waals surface area contributed by atoms with E-state index in [0.717, 1.165) is 16.8 Å². The number of esters is 1. The van der Waals surface area contributed by atoms with Gasteiger partial charge in [0.2, 0.25) is 5.88 Å². The van der Waals surface area contributed by atoms with Crippen LogP contribution in [0.25, 0.3) is 11.3 Å². The van der Waals surface area contributed by atoms with E-state index in [1.807, 2.05) is 36.6 Å². The maximum Gasteiger partial charge on any atom is 0.344 e. The van der Waals surface area contributed by atoms with E-state index in [9.17, 15) is 9.59 Å². The van der Waals surface area contributed by atoms with Crippen molar-refractivity contribution in [2.75, 3.05) is 19.0 Å². The molecule has 2 heterocycles. The number of methoxy groups -OCH3 is 1. The van der Waals surface area contributed by atoms with Crippen LogP contribution in [0.1, 0.15) is 15.9 Å². The smallest absolute Gasteiger partial charge is 0.344 e. The number of thiazole rings is 1. The fourth-order valence-electron chi connectivity index (χ4n) is 2.26. The summed E-state index contributed by atoms with van der Waals surface area (Å²) in [5, 5.41) is 4.91. The number of hydrogen-bond acceptors (Lipinski definition) is 7. The van der Waals surface area contributed by atoms with Crippen molar-refractivity contribution in [1.29, 1.82) is 0 Å². The average molecular weight is 383 g/mol. The Kier molecular flexibility index (Phi) is 5.77. The van der Waals surface area contributed by atoms with Gasteiger partial charge in [0, 0.05) is 17.1 Å². The molecule has 138 valence electrons. The number of pyridine rings is 1. The lowest BCUT2D eigenvalue weighted by Crippen LogP contribution is -2.21. The molecule has 0 unspecified atom stereocenters. The van der Waals surface area contributed by atoms with Crippen LogP contribution in [0.5, 0.6) is 5.88 Å². The van der Waals surface area contributed by atoms with E-state index in [-0.39, 0.29) is 11.4 Å². The summed E-state index contributed by atoms with van der Waals surface area (Å²) in [6.45, 7) is 1.58. The summed E-state index contributed by atoms with van der Waals surface area (Å²) < 4.78 is 10.0. The van der Waals surface area contributed by atoms with Gasteiger partial charge in [-0.2, -0.15) is 0 Å². The van der Waals surface area contributed by atoms with Crippen molar-refractivity contribution in [3.63, 3.8) is 0 Å². The Balaban J connectivity index is 1.57. The number of benzene rings is 1. The molecule has 1 N–H and O–H groups in total. The Bertz CT molecular complexity index is 954. The van der Waals surface area contributed by atoms with Crippen LogP contribution in [-0.4, -0.2) is 35.6 Å². The number of aryl methyl sites for hydroxylation is 1. The summed E-state index contributed by atoms with van der Waals surface area (Å²) in [6.07, 6.45) is 1.50. The normalized spacial score (nSPS) is 10.3. The number of anilines is 1. The molecule has 0 saturated heterocycles. The molecular weight excluding hydrogens is 366 g/mol. The fourth-order valence-corrected chi connectivity index (χ4v) is 3.00. The quantitative estimate of drug-likeness (QED) is 0.657. The fraction of sp³-hybridized carbons (Fsp3) is 0.158. The lowest BCUT2D eigenvalue weighted by molar-refractivity contribution is -0.119. The van der Waals surface area contributed by atoms with Crippen molar-refractivity contribution in [2.45, 2.75) is 6.92 Å². The monoisotopic (exact) mass is 383 g/mol. The average Bonchev–Trinajstić information content (AvgIpc) is 3.15. The van der Waals surface area contributed by atoms with E-state index in [1.54, 1.807) is 6.07 Å². The summed E-state index contributed by atoms with van der Waals surface area (Å²) in [5.74, 6) is -1.02. The molecule has 0 saturated carbocycles. The molecule has 0 fully saturated rings. The molecule has 3 rings (SSSR count). The van der Waals surface area contributed by atoms with Crippen molar-refractivity contribution in [3.05, 3.63) is 59.1 Å². The molecular formula is C19H17N3O4S. The molecule has 0 spiro atoms. The van der Waals surface area contributed by atoms with Crippen LogP contribution in [-0.2, 0) is 9.53 Å². The van der Waals surface area contributed by atoms with Crippen molar-refractivity contribution < 1.29 is 19.1 Å². The molecule has 2 aromatic heterocycles. The number of aromatic nitrogens is 2. The summed E-state index contributed by atoms with van der Waals surface area (Å²) in [4.78, 5) is 32.4. The van der Waals surface area contributed by atoms with Gasteiger partial charge >= 0.3 is 5.97 Å². The Morgan fingerprint density at radius 3 is 2.70 bits per heavy atom. The highest BCUT2D eigenvalue weighted by atomic mass is 32.1. The van der Waals surface area contributed by atoms with Gasteiger partial charge in [-0.05, 0) is 19.1 Å². The number of hydrogen-bond donors (Lipinski definition) is 1. The maximum atomic E-state index is 12.1. The third-order valence-electron chi connectivity index (χ3n) is 3.62. The number of nitrogens with zero attached hydrogens (tertiary/aromatic N) is 2. The predicted octanol–water partition coefficient (Wildman–Crippen LogP) is 3.32. The second-order valence-corrected chi connectivity index (χ2v) is 6.45. The van der Waals surface area contributed by atoms with Crippen LogP contribution < -0.4 is 10.1 Å². The maximum absolute atomic E-state index is 12.1. The summed E-state index contributed by atoms with van der Waals surface area (Å²) in [7, 11) is 1.40. The van der Waals surface area contributed by atoms with Crippen LogP contribution in [0.2, 0.25) is 0 Å². The molecule has 27 heavy (non-hydrogen) atoms. The minimum atomic E-state index is -0.686. The number of ether oxygens (including phenoxy) is 2. The van der Waals surface area contributed by atoms with Gasteiger partial charge in [-0.25, -0.2) is 14.8 Å². The number of nitrogens with one attached hydrogen (secondary N) is 1. The Morgan fingerprint density at radius 1 is 1.19 bits per heavy atom. The lowest BCUT2D eigenvalue weighted by Gasteiger charge is -2.07. The van der Waals surface area contributed by atoms with Crippen LogP contribution in [0.3, 0.4) is 0 Å². The molecule has 0 aliphatic heterocycles. The molecule has 0 aliphatic rings. The first kappa shape index (κ1) is 18.5. The molecule has 1 amide bonds. The van der Waals surface area contributed by atoms with E-state index in [4.69, 9.17) is 9.47 Å². The number of carbonyl (C=O) groups excluding carboxylic acids is 2. The van der Waals surface area contributed by atoms with Crippen LogP contribution in [0, 0.1) is 6.92 Å². The molecule has 8 heteroatoms. The largest absolute Gasteiger partial charge is 0.480 e. The van der Waals surface area contributed by atoms with E-state index < -0.39 is 18.5 Å². The zero-order chi connectivity index (χ0) is 19.2. The summed E-state index contributed by atoms with van der Waals surface area (Å²) in [6, 6.07) is 11.0. The number of carbonyl (C=O) groups is 2. The molecule has 1 aromatic carbocycles. The van der Waals surface area contributed by atoms with Gasteiger partial charge in [0.05, 0.1) is 12.8 Å². The lowest BCUT2D eigenvalue weighted by atomic mass is 10.1. The zero-order valence-corrected chi connectivity index (χ0v) is 15.6. The second-order valence-electron chi connectivity index (χ2n) is 5.59. The Labute approximate surface area is 160 Å². The minimum absolute atomic E-state index is 0.144. The minimum Gasteiger partial charge on any atom is -0.480 e. The van der Waals surface area contributed by atoms with Gasteiger partial charge in [-0.1, -0.05) is 29.8 Å². The molecule has 0 aliphatic carbocycles. The van der Waals surface area contributed by atoms with Gasteiger partial charge < -0.3 is 9.47 Å². The van der Waals surface area contributed by atoms with Crippen molar-refractivity contribution in [1.82, 2.24) is 9.97 Å². The van der Waals surface area contributed by atoms with E-state index >= 15 is 0 Å². The van der Waals surface area contributed by atoms with E-state index in [1.165, 1.54) is 30.7 Å². The Hall–Kier alpha value is -3.26. The van der Waals surface area contributed by atoms with Crippen LogP contribution in [0.15, 0.2) is 48.0 Å². The van der Waals surface area contributed by atoms with Gasteiger partial charge in [-0.3, -0.25) is 10.1 Å². The van der Waals surface area contributed by atoms with Crippen molar-refractivity contribution >= 4 is 28.3 Å². The van der Waals surface area contributed by atoms with Crippen LogP contribution >= 0.6 is 11.3 Å². The summed E-state index contributed by atoms with van der Waals surface area (Å²) in [5.41, 5.74) is 3.05. The van der Waals surface area contributed by atoms with Gasteiger partial charge in [0.15, 0.2) is 11.7 Å². The van der Waals surface area contributed by atoms with E-state index in [0.29, 0.717) is 5.13 Å². The SMILES string of the molecule is COc1ncccc1C(=O)OCC(=O)Nc1nc(-c2ccc(C)cc2)cs1. The number of rotatable bonds is 6. The Morgan fingerprint density at radius 2 is 1.96 bits per heavy atom. The second kappa shape index (κ2) is 8.41. The van der Waals surface area contributed by atoms with E-state index in [2.05, 4.69) is 15.3 Å². The third kappa shape index (κ3) is 4.68. The predicted molar refractivity (Wildman–Crippen MR) is 102 cm³/mol. The van der Waals surface area contributed by atoms with Crippen molar-refractivity contribution in [3.8, 4) is 17.1 Å².